The molecule has 218 valence electrons. The largest absolute Gasteiger partial charge is 0.478 e. The van der Waals surface area contributed by atoms with E-state index in [1.54, 1.807) is 11.8 Å². The van der Waals surface area contributed by atoms with E-state index in [-0.39, 0.29) is 17.2 Å². The number of aromatic nitrogens is 2. The van der Waals surface area contributed by atoms with Crippen molar-refractivity contribution in [3.05, 3.63) is 29.7 Å². The van der Waals surface area contributed by atoms with Crippen molar-refractivity contribution in [2.24, 2.45) is 0 Å². The minimum Gasteiger partial charge on any atom is -0.478 e. The predicted molar refractivity (Wildman–Crippen MR) is 140 cm³/mol. The number of carboxylic acid groups (broad SMARTS) is 2. The van der Waals surface area contributed by atoms with Crippen LogP contribution < -0.4 is 15.5 Å². The summed E-state index contributed by atoms with van der Waals surface area (Å²) in [6.07, 6.45) is -1.87. The molecule has 11 nitrogen and oxygen atoms in total. The molecule has 4 N–H and O–H groups in total. The Morgan fingerprint density at radius 1 is 1.10 bits per heavy atom. The van der Waals surface area contributed by atoms with Crippen LogP contribution in [0, 0.1) is 0 Å². The first-order valence-electron chi connectivity index (χ1n) is 12.4. The number of halogens is 3. The molecule has 1 aromatic heterocycles. The van der Waals surface area contributed by atoms with Crippen LogP contribution in [0.5, 0.6) is 0 Å². The molecule has 1 unspecified atom stereocenters. The summed E-state index contributed by atoms with van der Waals surface area (Å²) in [7, 11) is 0. The van der Waals surface area contributed by atoms with Crippen molar-refractivity contribution < 1.29 is 37.8 Å². The second-order valence-corrected chi connectivity index (χ2v) is 11.1. The van der Waals surface area contributed by atoms with Crippen molar-refractivity contribution in [2.75, 3.05) is 49.9 Å². The average molecular weight is 577 g/mol. The second-order valence-electron chi connectivity index (χ2n) is 9.90. The third kappa shape index (κ3) is 11.8. The zero-order chi connectivity index (χ0) is 29.2. The van der Waals surface area contributed by atoms with E-state index >= 15 is 0 Å². The van der Waals surface area contributed by atoms with Gasteiger partial charge >= 0.3 is 18.1 Å². The van der Waals surface area contributed by atoms with E-state index in [4.69, 9.17) is 10.2 Å². The standard InChI is InChI=1S/C20H31F3N6OS.C4H4O4/c1-19(2,3)17-25-14(20(21,22)23)13-15(26-17)29-10-8-28(9-11-29)7-4-12-31-18-24-6-5-16(30)27-18;5-3(6)1-2-4(7)8/h13,18,24H,4-12H2,1-3H3,(H,27,30);1-2H,(H,5,6)(H,7,8)/b;2-1+. The fourth-order valence-electron chi connectivity index (χ4n) is 3.60. The van der Waals surface area contributed by atoms with Crippen LogP contribution >= 0.6 is 11.8 Å². The third-order valence-electron chi connectivity index (χ3n) is 5.62. The van der Waals surface area contributed by atoms with Gasteiger partial charge in [-0.2, -0.15) is 13.2 Å². The molecule has 0 radical (unpaired) electrons. The van der Waals surface area contributed by atoms with Crippen molar-refractivity contribution in [1.29, 1.82) is 0 Å². The molecule has 1 atom stereocenters. The van der Waals surface area contributed by atoms with Crippen molar-refractivity contribution in [3.8, 4) is 0 Å². The van der Waals surface area contributed by atoms with E-state index in [2.05, 4.69) is 25.5 Å². The molecule has 3 heterocycles. The summed E-state index contributed by atoms with van der Waals surface area (Å²) >= 11 is 1.69. The Balaban J connectivity index is 0.000000580. The van der Waals surface area contributed by atoms with E-state index < -0.39 is 29.2 Å². The predicted octanol–water partition coefficient (Wildman–Crippen LogP) is 2.14. The summed E-state index contributed by atoms with van der Waals surface area (Å²) in [6, 6.07) is 1.06. The highest BCUT2D eigenvalue weighted by molar-refractivity contribution is 7.99. The Hall–Kier alpha value is -2.91. The molecule has 0 aliphatic carbocycles. The van der Waals surface area contributed by atoms with Crippen LogP contribution in [-0.2, 0) is 26.0 Å². The van der Waals surface area contributed by atoms with Crippen molar-refractivity contribution in [3.63, 3.8) is 0 Å². The zero-order valence-electron chi connectivity index (χ0n) is 22.1. The first kappa shape index (κ1) is 32.3. The average Bonchev–Trinajstić information content (AvgIpc) is 2.85. The van der Waals surface area contributed by atoms with Gasteiger partial charge in [-0.15, -0.1) is 11.8 Å². The highest BCUT2D eigenvalue weighted by Gasteiger charge is 2.36. The number of nitrogens with zero attached hydrogens (tertiary/aromatic N) is 4. The second kappa shape index (κ2) is 14.5. The summed E-state index contributed by atoms with van der Waals surface area (Å²) in [5.74, 6) is -0.949. The fourth-order valence-corrected chi connectivity index (χ4v) is 4.58. The highest BCUT2D eigenvalue weighted by Crippen LogP contribution is 2.32. The van der Waals surface area contributed by atoms with Crippen LogP contribution in [0.3, 0.4) is 0 Å². The molecule has 2 aliphatic rings. The molecule has 0 saturated carbocycles. The molecule has 1 amide bonds. The molecule has 0 bridgehead atoms. The van der Waals surface area contributed by atoms with Gasteiger partial charge in [0.15, 0.2) is 0 Å². The number of anilines is 1. The summed E-state index contributed by atoms with van der Waals surface area (Å²) in [5.41, 5.74) is -1.47. The lowest BCUT2D eigenvalue weighted by Gasteiger charge is -2.36. The number of nitrogens with one attached hydrogen (secondary N) is 2. The summed E-state index contributed by atoms with van der Waals surface area (Å²) in [6.45, 7) is 9.90. The molecular weight excluding hydrogens is 541 g/mol. The summed E-state index contributed by atoms with van der Waals surface area (Å²) < 4.78 is 40.0. The smallest absolute Gasteiger partial charge is 0.433 e. The lowest BCUT2D eigenvalue weighted by molar-refractivity contribution is -0.141. The van der Waals surface area contributed by atoms with E-state index in [0.29, 0.717) is 44.0 Å². The summed E-state index contributed by atoms with van der Waals surface area (Å²) in [5, 5.41) is 21.8. The van der Waals surface area contributed by atoms with Gasteiger partial charge < -0.3 is 20.4 Å². The van der Waals surface area contributed by atoms with Crippen molar-refractivity contribution in [2.45, 2.75) is 50.7 Å². The molecule has 2 fully saturated rings. The zero-order valence-corrected chi connectivity index (χ0v) is 22.9. The Morgan fingerprint density at radius 2 is 1.72 bits per heavy atom. The van der Waals surface area contributed by atoms with Gasteiger partial charge in [0.2, 0.25) is 5.91 Å². The number of thioether (sulfide) groups is 1. The first-order chi connectivity index (χ1) is 18.1. The van der Waals surface area contributed by atoms with Crippen molar-refractivity contribution in [1.82, 2.24) is 25.5 Å². The monoisotopic (exact) mass is 576 g/mol. The van der Waals surface area contributed by atoms with Crippen LogP contribution in [-0.4, -0.2) is 93.4 Å². The van der Waals surface area contributed by atoms with Gasteiger partial charge in [0.1, 0.15) is 22.8 Å². The Bertz CT molecular complexity index is 978. The molecule has 3 rings (SSSR count). The van der Waals surface area contributed by atoms with E-state index in [1.165, 1.54) is 0 Å². The number of carbonyl (C=O) groups excluding carboxylic acids is 1. The Kier molecular flexibility index (Phi) is 12.0. The van der Waals surface area contributed by atoms with Crippen LogP contribution in [0.15, 0.2) is 18.2 Å². The minimum atomic E-state index is -4.50. The molecule has 39 heavy (non-hydrogen) atoms. The number of carboxylic acids is 2. The number of hydrogen-bond acceptors (Lipinski definition) is 9. The Labute approximate surface area is 229 Å². The normalized spacial score (nSPS) is 18.9. The molecule has 15 heteroatoms. The van der Waals surface area contributed by atoms with E-state index in [1.807, 2.05) is 25.7 Å². The van der Waals surface area contributed by atoms with Crippen molar-refractivity contribution >= 4 is 35.4 Å². The summed E-state index contributed by atoms with van der Waals surface area (Å²) in [4.78, 5) is 43.0. The minimum absolute atomic E-state index is 0.0179. The van der Waals surface area contributed by atoms with E-state index in [0.717, 1.165) is 37.9 Å². The fraction of sp³-hybridized carbons (Fsp3) is 0.625. The van der Waals surface area contributed by atoms with Gasteiger partial charge in [-0.3, -0.25) is 15.0 Å². The van der Waals surface area contributed by atoms with Gasteiger partial charge in [-0.1, -0.05) is 20.8 Å². The number of amides is 1. The van der Waals surface area contributed by atoms with E-state index in [9.17, 15) is 27.6 Å². The van der Waals surface area contributed by atoms with Gasteiger partial charge in [0.05, 0.1) is 0 Å². The first-order valence-corrected chi connectivity index (χ1v) is 13.4. The Morgan fingerprint density at radius 3 is 2.23 bits per heavy atom. The number of carbonyl (C=O) groups is 3. The van der Waals surface area contributed by atoms with Crippen LogP contribution in [0.2, 0.25) is 0 Å². The molecular formula is C24H35F3N6O5S. The van der Waals surface area contributed by atoms with Gasteiger partial charge in [0.25, 0.3) is 0 Å². The maximum absolute atomic E-state index is 13.3. The quantitative estimate of drug-likeness (QED) is 0.267. The van der Waals surface area contributed by atoms with Gasteiger partial charge in [-0.05, 0) is 18.7 Å². The third-order valence-corrected chi connectivity index (χ3v) is 6.76. The van der Waals surface area contributed by atoms with Gasteiger partial charge in [0, 0.05) is 62.8 Å². The van der Waals surface area contributed by atoms with Crippen LogP contribution in [0.1, 0.15) is 45.1 Å². The van der Waals surface area contributed by atoms with Crippen LogP contribution in [0.25, 0.3) is 0 Å². The highest BCUT2D eigenvalue weighted by atomic mass is 32.2. The number of rotatable bonds is 8. The number of hydrogen-bond donors (Lipinski definition) is 4. The SMILES string of the molecule is CC(C)(C)c1nc(N2CCN(CCCSC3NCCC(=O)N3)CC2)cc(C(F)(F)F)n1.O=C(O)/C=C/C(=O)O. The number of aliphatic carboxylic acids is 2. The number of alkyl halides is 3. The maximum atomic E-state index is 13.3. The van der Waals surface area contributed by atoms with Gasteiger partial charge in [-0.25, -0.2) is 19.6 Å². The van der Waals surface area contributed by atoms with Crippen LogP contribution in [0.4, 0.5) is 19.0 Å². The maximum Gasteiger partial charge on any atom is 0.433 e. The molecule has 0 spiro atoms. The number of piperazine rings is 1. The molecule has 1 aromatic rings. The lowest BCUT2D eigenvalue weighted by atomic mass is 9.95. The lowest BCUT2D eigenvalue weighted by Crippen LogP contribution is -2.49. The molecule has 2 saturated heterocycles. The molecule has 0 aromatic carbocycles. The topological polar surface area (TPSA) is 148 Å². The molecule has 2 aliphatic heterocycles.